The summed E-state index contributed by atoms with van der Waals surface area (Å²) < 4.78 is 1.15. The van der Waals surface area contributed by atoms with E-state index in [4.69, 9.17) is 5.73 Å². The van der Waals surface area contributed by atoms with Gasteiger partial charge in [0.15, 0.2) is 0 Å². The summed E-state index contributed by atoms with van der Waals surface area (Å²) in [7, 11) is 0. The van der Waals surface area contributed by atoms with Gasteiger partial charge in [0.1, 0.15) is 10.7 Å². The fraction of sp³-hybridized carbons (Fsp3) is 0.375. The number of benzene rings is 1. The van der Waals surface area contributed by atoms with Crippen LogP contribution < -0.4 is 11.1 Å². The van der Waals surface area contributed by atoms with Gasteiger partial charge in [0.25, 0.3) is 5.91 Å². The summed E-state index contributed by atoms with van der Waals surface area (Å²) in [5.74, 6) is 0.356. The van der Waals surface area contributed by atoms with Crippen molar-refractivity contribution in [2.45, 2.75) is 32.9 Å². The minimum absolute atomic E-state index is 0.0951. The summed E-state index contributed by atoms with van der Waals surface area (Å²) >= 11 is 3.71. The molecule has 1 unspecified atom stereocenters. The Bertz CT molecular complexity index is 642. The van der Waals surface area contributed by atoms with E-state index >= 15 is 0 Å². The van der Waals surface area contributed by atoms with E-state index in [0.29, 0.717) is 18.2 Å². The Hall–Kier alpha value is -0.990. The van der Waals surface area contributed by atoms with Gasteiger partial charge in [-0.25, -0.2) is 4.98 Å². The molecule has 0 bridgehead atoms. The molecule has 0 aliphatic heterocycles. The predicted molar refractivity (Wildman–Crippen MR) is 98.8 cm³/mol. The smallest absolute Gasteiger partial charge is 0.271 e. The number of hydrogen-bond donors (Lipinski definition) is 2. The van der Waals surface area contributed by atoms with Gasteiger partial charge < -0.3 is 11.1 Å². The van der Waals surface area contributed by atoms with Crippen LogP contribution >= 0.6 is 33.9 Å². The Morgan fingerprint density at radius 1 is 1.45 bits per heavy atom. The summed E-state index contributed by atoms with van der Waals surface area (Å²) in [6.07, 6.45) is 0.872. The van der Waals surface area contributed by atoms with Crippen molar-refractivity contribution >= 4 is 39.8 Å². The molecule has 6 heteroatoms. The molecule has 1 heterocycles. The van der Waals surface area contributed by atoms with Crippen molar-refractivity contribution < 1.29 is 4.79 Å². The second kappa shape index (κ2) is 8.03. The molecular weight excluding hydrogens is 409 g/mol. The van der Waals surface area contributed by atoms with Crippen LogP contribution in [0.4, 0.5) is 0 Å². The topological polar surface area (TPSA) is 68.0 Å². The van der Waals surface area contributed by atoms with Gasteiger partial charge in [-0.2, -0.15) is 0 Å². The molecule has 1 atom stereocenters. The molecule has 3 N–H and O–H groups in total. The van der Waals surface area contributed by atoms with E-state index in [0.717, 1.165) is 20.6 Å². The van der Waals surface area contributed by atoms with E-state index in [9.17, 15) is 4.79 Å². The highest BCUT2D eigenvalue weighted by atomic mass is 127. The summed E-state index contributed by atoms with van der Waals surface area (Å²) in [5, 5.41) is 5.50. The molecule has 118 valence electrons. The quantitative estimate of drug-likeness (QED) is 0.688. The molecule has 2 rings (SSSR count). The third-order valence-electron chi connectivity index (χ3n) is 3.14. The van der Waals surface area contributed by atoms with E-state index in [-0.39, 0.29) is 11.9 Å². The zero-order valence-electron chi connectivity index (χ0n) is 12.7. The molecule has 22 heavy (non-hydrogen) atoms. The van der Waals surface area contributed by atoms with Gasteiger partial charge in [0.05, 0.1) is 6.04 Å². The van der Waals surface area contributed by atoms with Gasteiger partial charge in [0, 0.05) is 15.5 Å². The zero-order chi connectivity index (χ0) is 16.1. The van der Waals surface area contributed by atoms with Crippen LogP contribution in [0.3, 0.4) is 0 Å². The predicted octanol–water partition coefficient (Wildman–Crippen LogP) is 3.72. The first-order valence-electron chi connectivity index (χ1n) is 7.19. The van der Waals surface area contributed by atoms with Gasteiger partial charge >= 0.3 is 0 Å². The van der Waals surface area contributed by atoms with Crippen molar-refractivity contribution in [3.63, 3.8) is 0 Å². The van der Waals surface area contributed by atoms with Crippen molar-refractivity contribution in [3.8, 4) is 0 Å². The molecule has 0 radical (unpaired) electrons. The van der Waals surface area contributed by atoms with Crippen LogP contribution in [0.5, 0.6) is 0 Å². The number of carbonyl (C=O) groups is 1. The molecule has 0 aliphatic carbocycles. The molecule has 0 aliphatic rings. The molecule has 1 aromatic carbocycles. The lowest BCUT2D eigenvalue weighted by molar-refractivity contribution is 0.0946. The third kappa shape index (κ3) is 5.03. The van der Waals surface area contributed by atoms with E-state index in [1.54, 1.807) is 5.38 Å². The molecule has 0 saturated carbocycles. The van der Waals surface area contributed by atoms with Crippen LogP contribution in [0, 0.1) is 9.49 Å². The van der Waals surface area contributed by atoms with E-state index in [1.165, 1.54) is 11.3 Å². The summed E-state index contributed by atoms with van der Waals surface area (Å²) in [6, 6.07) is 7.95. The Kier molecular flexibility index (Phi) is 6.34. The summed E-state index contributed by atoms with van der Waals surface area (Å²) in [4.78, 5) is 16.5. The maximum absolute atomic E-state index is 12.2. The number of thiazole rings is 1. The number of amides is 1. The molecule has 0 saturated heterocycles. The van der Waals surface area contributed by atoms with Crippen LogP contribution in [0.2, 0.25) is 0 Å². The fourth-order valence-corrected chi connectivity index (χ4v) is 3.51. The first-order chi connectivity index (χ1) is 10.5. The van der Waals surface area contributed by atoms with Crippen LogP contribution in [0.25, 0.3) is 0 Å². The van der Waals surface area contributed by atoms with Crippen LogP contribution in [0.15, 0.2) is 29.6 Å². The van der Waals surface area contributed by atoms with E-state index in [2.05, 4.69) is 46.7 Å². The van der Waals surface area contributed by atoms with E-state index < -0.39 is 0 Å². The van der Waals surface area contributed by atoms with Gasteiger partial charge in [-0.1, -0.05) is 26.0 Å². The first-order valence-corrected chi connectivity index (χ1v) is 9.15. The Balaban J connectivity index is 1.94. The molecule has 2 aromatic rings. The Labute approximate surface area is 148 Å². The summed E-state index contributed by atoms with van der Waals surface area (Å²) in [6.45, 7) is 4.76. The number of aromatic nitrogens is 1. The lowest BCUT2D eigenvalue weighted by Gasteiger charge is -2.10. The fourth-order valence-electron chi connectivity index (χ4n) is 2.09. The Morgan fingerprint density at radius 2 is 2.23 bits per heavy atom. The monoisotopic (exact) mass is 429 g/mol. The molecule has 0 fully saturated rings. The minimum Gasteiger partial charge on any atom is -0.347 e. The lowest BCUT2D eigenvalue weighted by Crippen LogP contribution is -2.23. The number of hydrogen-bond acceptors (Lipinski definition) is 4. The highest BCUT2D eigenvalue weighted by molar-refractivity contribution is 14.1. The van der Waals surface area contributed by atoms with E-state index in [1.807, 2.05) is 24.3 Å². The maximum Gasteiger partial charge on any atom is 0.271 e. The normalized spacial score (nSPS) is 12.4. The largest absolute Gasteiger partial charge is 0.347 e. The SMILES string of the molecule is CC(C)CC(N)c1nc(C(=O)NCc2cccc(I)c2)cs1. The van der Waals surface area contributed by atoms with Crippen molar-refractivity contribution in [1.29, 1.82) is 0 Å². The number of nitrogens with two attached hydrogens (primary N) is 1. The lowest BCUT2D eigenvalue weighted by atomic mass is 10.1. The van der Waals surface area contributed by atoms with Gasteiger partial charge in [-0.05, 0) is 52.6 Å². The Morgan fingerprint density at radius 3 is 2.91 bits per heavy atom. The second-order valence-electron chi connectivity index (χ2n) is 5.62. The summed E-state index contributed by atoms with van der Waals surface area (Å²) in [5.41, 5.74) is 7.63. The highest BCUT2D eigenvalue weighted by Gasteiger charge is 2.16. The van der Waals surface area contributed by atoms with Crippen LogP contribution in [-0.2, 0) is 6.54 Å². The standard InChI is InChI=1S/C16H20IN3OS/c1-10(2)6-13(18)16-20-14(9-22-16)15(21)19-8-11-4-3-5-12(17)7-11/h3-5,7,9-10,13H,6,8,18H2,1-2H3,(H,19,21). The molecule has 0 spiro atoms. The van der Waals surface area contributed by atoms with Gasteiger partial charge in [-0.3, -0.25) is 4.79 Å². The average Bonchev–Trinajstić information content (AvgIpc) is 2.94. The van der Waals surface area contributed by atoms with Gasteiger partial charge in [-0.15, -0.1) is 11.3 Å². The van der Waals surface area contributed by atoms with Crippen LogP contribution in [0.1, 0.15) is 47.4 Å². The number of nitrogens with zero attached hydrogens (tertiary/aromatic N) is 1. The number of nitrogens with one attached hydrogen (secondary N) is 1. The van der Waals surface area contributed by atoms with Crippen molar-refractivity contribution in [3.05, 3.63) is 49.5 Å². The number of carbonyl (C=O) groups excluding carboxylic acids is 1. The van der Waals surface area contributed by atoms with Crippen molar-refractivity contribution in [1.82, 2.24) is 10.3 Å². The molecular formula is C16H20IN3OS. The van der Waals surface area contributed by atoms with Crippen molar-refractivity contribution in [2.24, 2.45) is 11.7 Å². The first kappa shape index (κ1) is 17.4. The van der Waals surface area contributed by atoms with Crippen molar-refractivity contribution in [2.75, 3.05) is 0 Å². The minimum atomic E-state index is -0.155. The number of rotatable bonds is 6. The van der Waals surface area contributed by atoms with Crippen LogP contribution in [-0.4, -0.2) is 10.9 Å². The maximum atomic E-state index is 12.2. The zero-order valence-corrected chi connectivity index (χ0v) is 15.6. The third-order valence-corrected chi connectivity index (χ3v) is 4.79. The molecule has 1 aromatic heterocycles. The molecule has 4 nitrogen and oxygen atoms in total. The second-order valence-corrected chi connectivity index (χ2v) is 7.75. The number of halogens is 1. The average molecular weight is 429 g/mol. The molecule has 1 amide bonds. The highest BCUT2D eigenvalue weighted by Crippen LogP contribution is 2.22. The van der Waals surface area contributed by atoms with Gasteiger partial charge in [0.2, 0.25) is 0 Å².